The molecule has 0 saturated heterocycles. The molecule has 1 atom stereocenters. The van der Waals surface area contributed by atoms with Crippen LogP contribution in [0.5, 0.6) is 0 Å². The highest BCUT2D eigenvalue weighted by molar-refractivity contribution is 7.99. The molecule has 0 fully saturated rings. The number of rotatable bonds is 7. The molecule has 29 heavy (non-hydrogen) atoms. The standard InChI is InChI=1S/C22H26N4O2S/c1-3-26-21(19-9-6-12-28-19)24-25-22(26)29-14-20(27)23-15(2)17-11-10-16-7-4-5-8-18(16)13-17/h6,9-13,15H,3-5,7-8,14H2,1-2H3,(H,23,27)/t15-/m0/s1. The molecule has 0 saturated carbocycles. The fourth-order valence-corrected chi connectivity index (χ4v) is 4.60. The molecule has 0 unspecified atom stereocenters. The van der Waals surface area contributed by atoms with Gasteiger partial charge in [-0.15, -0.1) is 10.2 Å². The van der Waals surface area contributed by atoms with Gasteiger partial charge in [-0.3, -0.25) is 9.36 Å². The fraction of sp³-hybridized carbons (Fsp3) is 0.409. The van der Waals surface area contributed by atoms with Crippen molar-refractivity contribution in [1.82, 2.24) is 20.1 Å². The van der Waals surface area contributed by atoms with Gasteiger partial charge in [-0.2, -0.15) is 0 Å². The molecule has 2 heterocycles. The minimum absolute atomic E-state index is 0.00887. The summed E-state index contributed by atoms with van der Waals surface area (Å²) in [4.78, 5) is 12.5. The Morgan fingerprint density at radius 1 is 1.24 bits per heavy atom. The van der Waals surface area contributed by atoms with E-state index in [0.29, 0.717) is 23.9 Å². The summed E-state index contributed by atoms with van der Waals surface area (Å²) in [5.74, 6) is 1.65. The SMILES string of the molecule is CCn1c(SCC(=O)N[C@@H](C)c2ccc3c(c2)CCCC3)nnc1-c1ccco1. The number of hydrogen-bond donors (Lipinski definition) is 1. The van der Waals surface area contributed by atoms with Gasteiger partial charge in [0.15, 0.2) is 16.7 Å². The molecule has 1 aliphatic rings. The lowest BCUT2D eigenvalue weighted by molar-refractivity contribution is -0.119. The quantitative estimate of drug-likeness (QED) is 0.584. The van der Waals surface area contributed by atoms with E-state index < -0.39 is 0 Å². The number of aryl methyl sites for hydroxylation is 2. The second-order valence-electron chi connectivity index (χ2n) is 7.34. The second-order valence-corrected chi connectivity index (χ2v) is 8.28. The minimum atomic E-state index is -0.0157. The predicted octanol–water partition coefficient (Wildman–Crippen LogP) is 4.41. The van der Waals surface area contributed by atoms with Crippen molar-refractivity contribution in [3.05, 3.63) is 53.3 Å². The first-order chi connectivity index (χ1) is 14.2. The van der Waals surface area contributed by atoms with Crippen molar-refractivity contribution in [3.8, 4) is 11.6 Å². The van der Waals surface area contributed by atoms with Gasteiger partial charge >= 0.3 is 0 Å². The molecular formula is C22H26N4O2S. The number of fused-ring (bicyclic) bond motifs is 1. The zero-order chi connectivity index (χ0) is 20.2. The number of nitrogens with zero attached hydrogens (tertiary/aromatic N) is 3. The highest BCUT2D eigenvalue weighted by atomic mass is 32.2. The van der Waals surface area contributed by atoms with E-state index in [1.54, 1.807) is 6.26 Å². The van der Waals surface area contributed by atoms with Gasteiger partial charge in [0.05, 0.1) is 18.1 Å². The molecule has 1 aromatic carbocycles. The maximum atomic E-state index is 12.5. The summed E-state index contributed by atoms with van der Waals surface area (Å²) >= 11 is 1.39. The summed E-state index contributed by atoms with van der Waals surface area (Å²) in [6.45, 7) is 4.77. The van der Waals surface area contributed by atoms with Crippen LogP contribution in [0.2, 0.25) is 0 Å². The van der Waals surface area contributed by atoms with Crippen molar-refractivity contribution in [2.45, 2.75) is 57.3 Å². The highest BCUT2D eigenvalue weighted by Gasteiger charge is 2.18. The lowest BCUT2D eigenvalue weighted by atomic mass is 9.89. The average molecular weight is 411 g/mol. The van der Waals surface area contributed by atoms with Crippen LogP contribution in [0.25, 0.3) is 11.6 Å². The smallest absolute Gasteiger partial charge is 0.230 e. The topological polar surface area (TPSA) is 73.0 Å². The Bertz CT molecular complexity index is 981. The molecule has 7 heteroatoms. The van der Waals surface area contributed by atoms with Crippen LogP contribution >= 0.6 is 11.8 Å². The van der Waals surface area contributed by atoms with E-state index in [1.807, 2.05) is 30.5 Å². The van der Waals surface area contributed by atoms with Crippen LogP contribution in [0, 0.1) is 0 Å². The summed E-state index contributed by atoms with van der Waals surface area (Å²) in [7, 11) is 0. The third kappa shape index (κ3) is 4.40. The number of amides is 1. The fourth-order valence-electron chi connectivity index (χ4n) is 3.79. The lowest BCUT2D eigenvalue weighted by Crippen LogP contribution is -2.28. The van der Waals surface area contributed by atoms with E-state index >= 15 is 0 Å². The molecular weight excluding hydrogens is 384 g/mol. The number of hydrogen-bond acceptors (Lipinski definition) is 5. The molecule has 1 amide bonds. The maximum absolute atomic E-state index is 12.5. The molecule has 3 aromatic rings. The monoisotopic (exact) mass is 410 g/mol. The van der Waals surface area contributed by atoms with E-state index in [2.05, 4.69) is 33.7 Å². The van der Waals surface area contributed by atoms with Crippen LogP contribution in [0.3, 0.4) is 0 Å². The Labute approximate surface area is 175 Å². The Kier molecular flexibility index (Phi) is 6.04. The van der Waals surface area contributed by atoms with Crippen molar-refractivity contribution in [1.29, 1.82) is 0 Å². The van der Waals surface area contributed by atoms with Crippen molar-refractivity contribution >= 4 is 17.7 Å². The summed E-state index contributed by atoms with van der Waals surface area (Å²) < 4.78 is 7.39. The van der Waals surface area contributed by atoms with E-state index in [0.717, 1.165) is 11.6 Å². The van der Waals surface area contributed by atoms with Crippen LogP contribution in [0.4, 0.5) is 0 Å². The zero-order valence-corrected chi connectivity index (χ0v) is 17.7. The van der Waals surface area contributed by atoms with E-state index in [1.165, 1.54) is 47.7 Å². The third-order valence-corrected chi connectivity index (χ3v) is 6.32. The van der Waals surface area contributed by atoms with Gasteiger partial charge in [0, 0.05) is 6.54 Å². The molecule has 0 spiro atoms. The molecule has 2 aromatic heterocycles. The Morgan fingerprint density at radius 2 is 2.07 bits per heavy atom. The predicted molar refractivity (Wildman–Crippen MR) is 114 cm³/mol. The number of thioether (sulfide) groups is 1. The highest BCUT2D eigenvalue weighted by Crippen LogP contribution is 2.26. The van der Waals surface area contributed by atoms with Crippen molar-refractivity contribution in [2.75, 3.05) is 5.75 Å². The maximum Gasteiger partial charge on any atom is 0.230 e. The minimum Gasteiger partial charge on any atom is -0.461 e. The first-order valence-electron chi connectivity index (χ1n) is 10.2. The van der Waals surface area contributed by atoms with Gasteiger partial charge in [-0.05, 0) is 68.4 Å². The normalized spacial score (nSPS) is 14.4. The average Bonchev–Trinajstić information content (AvgIpc) is 3.41. The first-order valence-corrected chi connectivity index (χ1v) is 11.1. The Balaban J connectivity index is 1.37. The molecule has 0 aliphatic heterocycles. The van der Waals surface area contributed by atoms with Crippen molar-refractivity contribution in [3.63, 3.8) is 0 Å². The summed E-state index contributed by atoms with van der Waals surface area (Å²) in [6, 6.07) is 10.3. The number of nitrogens with one attached hydrogen (secondary N) is 1. The molecule has 1 N–H and O–H groups in total. The number of carbonyl (C=O) groups is 1. The third-order valence-electron chi connectivity index (χ3n) is 5.36. The van der Waals surface area contributed by atoms with E-state index in [4.69, 9.17) is 4.42 Å². The van der Waals surface area contributed by atoms with Gasteiger partial charge in [0.2, 0.25) is 5.91 Å². The molecule has 6 nitrogen and oxygen atoms in total. The number of carbonyl (C=O) groups excluding carboxylic acids is 1. The second kappa shape index (κ2) is 8.86. The van der Waals surface area contributed by atoms with Crippen LogP contribution in [-0.4, -0.2) is 26.4 Å². The van der Waals surface area contributed by atoms with Crippen molar-refractivity contribution < 1.29 is 9.21 Å². The van der Waals surface area contributed by atoms with Gasteiger partial charge in [-0.1, -0.05) is 30.0 Å². The van der Waals surface area contributed by atoms with Gasteiger partial charge < -0.3 is 9.73 Å². The van der Waals surface area contributed by atoms with Crippen LogP contribution in [0.15, 0.2) is 46.2 Å². The largest absolute Gasteiger partial charge is 0.461 e. The summed E-state index contributed by atoms with van der Waals surface area (Å²) in [5.41, 5.74) is 4.06. The van der Waals surface area contributed by atoms with Crippen LogP contribution < -0.4 is 5.32 Å². The van der Waals surface area contributed by atoms with Crippen LogP contribution in [-0.2, 0) is 24.2 Å². The molecule has 152 valence electrons. The molecule has 0 bridgehead atoms. The van der Waals surface area contributed by atoms with Gasteiger partial charge in [0.1, 0.15) is 0 Å². The Hall–Kier alpha value is -2.54. The van der Waals surface area contributed by atoms with E-state index in [-0.39, 0.29) is 11.9 Å². The summed E-state index contributed by atoms with van der Waals surface area (Å²) in [6.07, 6.45) is 6.47. The number of aromatic nitrogens is 3. The first kappa shape index (κ1) is 19.8. The van der Waals surface area contributed by atoms with E-state index in [9.17, 15) is 4.79 Å². The van der Waals surface area contributed by atoms with Crippen LogP contribution in [0.1, 0.15) is 49.4 Å². The zero-order valence-electron chi connectivity index (χ0n) is 16.9. The lowest BCUT2D eigenvalue weighted by Gasteiger charge is -2.20. The Morgan fingerprint density at radius 3 is 2.83 bits per heavy atom. The van der Waals surface area contributed by atoms with Gasteiger partial charge in [-0.25, -0.2) is 0 Å². The molecule has 1 aliphatic carbocycles. The number of benzene rings is 1. The molecule has 4 rings (SSSR count). The van der Waals surface area contributed by atoms with Crippen molar-refractivity contribution in [2.24, 2.45) is 0 Å². The summed E-state index contributed by atoms with van der Waals surface area (Å²) in [5, 5.41) is 12.3. The van der Waals surface area contributed by atoms with Gasteiger partial charge in [0.25, 0.3) is 0 Å². The number of furan rings is 1. The molecule has 0 radical (unpaired) electrons.